The standard InChI is InChI=1S/C6H4N2O3S2/c7-1-2(3(8)9)5-12-6(13-5)4(10)11/h6H,(H2,8,9)(H,10,11). The average molecular weight is 216 g/mol. The number of carbonyl (C=O) groups is 2. The lowest BCUT2D eigenvalue weighted by molar-refractivity contribution is -0.134. The fraction of sp³-hybridized carbons (Fsp3) is 0.167. The van der Waals surface area contributed by atoms with Gasteiger partial charge in [0.2, 0.25) is 0 Å². The van der Waals surface area contributed by atoms with Gasteiger partial charge < -0.3 is 10.8 Å². The van der Waals surface area contributed by atoms with E-state index in [0.29, 0.717) is 4.24 Å². The van der Waals surface area contributed by atoms with Crippen LogP contribution < -0.4 is 5.73 Å². The monoisotopic (exact) mass is 216 g/mol. The summed E-state index contributed by atoms with van der Waals surface area (Å²) >= 11 is 1.92. The minimum absolute atomic E-state index is 0.160. The van der Waals surface area contributed by atoms with E-state index in [2.05, 4.69) is 0 Å². The third kappa shape index (κ3) is 1.96. The molecule has 5 nitrogen and oxygen atoms in total. The number of primary amides is 1. The van der Waals surface area contributed by atoms with Crippen LogP contribution in [0, 0.1) is 11.3 Å². The molecule has 0 bridgehead atoms. The number of nitrogens with zero attached hydrogens (tertiary/aromatic N) is 1. The number of hydrogen-bond donors (Lipinski definition) is 2. The molecule has 0 unspecified atom stereocenters. The molecular formula is C6H4N2O3S2. The van der Waals surface area contributed by atoms with Gasteiger partial charge in [-0.2, -0.15) is 5.26 Å². The van der Waals surface area contributed by atoms with Crippen molar-refractivity contribution in [1.29, 1.82) is 5.26 Å². The molecule has 0 radical (unpaired) electrons. The van der Waals surface area contributed by atoms with Crippen molar-refractivity contribution in [3.63, 3.8) is 0 Å². The molecule has 0 saturated carbocycles. The van der Waals surface area contributed by atoms with E-state index in [0.717, 1.165) is 23.5 Å². The molecule has 1 saturated heterocycles. The summed E-state index contributed by atoms with van der Waals surface area (Å²) in [7, 11) is 0. The molecule has 0 spiro atoms. The van der Waals surface area contributed by atoms with Gasteiger partial charge in [0, 0.05) is 0 Å². The molecule has 3 N–H and O–H groups in total. The zero-order valence-electron chi connectivity index (χ0n) is 6.18. The third-order valence-electron chi connectivity index (χ3n) is 1.19. The van der Waals surface area contributed by atoms with Gasteiger partial charge in [-0.05, 0) is 0 Å². The molecule has 68 valence electrons. The highest BCUT2D eigenvalue weighted by atomic mass is 32.3. The van der Waals surface area contributed by atoms with Crippen molar-refractivity contribution in [1.82, 2.24) is 0 Å². The van der Waals surface area contributed by atoms with E-state index in [4.69, 9.17) is 16.1 Å². The van der Waals surface area contributed by atoms with Crippen LogP contribution in [0.5, 0.6) is 0 Å². The summed E-state index contributed by atoms with van der Waals surface area (Å²) in [5.41, 5.74) is 4.73. The summed E-state index contributed by atoms with van der Waals surface area (Å²) < 4.78 is -0.236. The third-order valence-corrected chi connectivity index (χ3v) is 4.01. The first-order valence-electron chi connectivity index (χ1n) is 3.06. The van der Waals surface area contributed by atoms with Gasteiger partial charge in [-0.3, -0.25) is 9.59 Å². The number of thioether (sulfide) groups is 2. The number of nitriles is 1. The van der Waals surface area contributed by atoms with Crippen molar-refractivity contribution in [3.05, 3.63) is 9.81 Å². The highest BCUT2D eigenvalue weighted by Crippen LogP contribution is 2.52. The number of hydrogen-bond acceptors (Lipinski definition) is 5. The van der Waals surface area contributed by atoms with Crippen LogP contribution in [0.4, 0.5) is 0 Å². The number of carboxylic acid groups (broad SMARTS) is 1. The molecule has 7 heteroatoms. The summed E-state index contributed by atoms with van der Waals surface area (Å²) in [6.07, 6.45) is 0. The fourth-order valence-electron chi connectivity index (χ4n) is 0.623. The van der Waals surface area contributed by atoms with Gasteiger partial charge in [0.05, 0.1) is 4.24 Å². The molecule has 0 aromatic heterocycles. The highest BCUT2D eigenvalue weighted by Gasteiger charge is 2.35. The van der Waals surface area contributed by atoms with Crippen molar-refractivity contribution in [2.24, 2.45) is 5.73 Å². The maximum absolute atomic E-state index is 10.6. The predicted molar refractivity (Wildman–Crippen MR) is 48.4 cm³/mol. The normalized spacial score (nSPS) is 19.9. The smallest absolute Gasteiger partial charge is 0.327 e. The average Bonchev–Trinajstić information content (AvgIpc) is 1.93. The summed E-state index contributed by atoms with van der Waals surface area (Å²) in [5, 5.41) is 17.0. The SMILES string of the molecule is N#CC(C(N)=O)=C1SC(C(=O)O)S1. The summed E-state index contributed by atoms with van der Waals surface area (Å²) in [4.78, 5) is 21.0. The van der Waals surface area contributed by atoms with E-state index in [1.54, 1.807) is 6.07 Å². The van der Waals surface area contributed by atoms with E-state index in [-0.39, 0.29) is 5.57 Å². The number of carbonyl (C=O) groups excluding carboxylic acids is 1. The second-order valence-corrected chi connectivity index (χ2v) is 4.83. The van der Waals surface area contributed by atoms with Crippen LogP contribution in [0.1, 0.15) is 0 Å². The molecule has 1 amide bonds. The Kier molecular flexibility index (Phi) is 2.85. The van der Waals surface area contributed by atoms with Crippen molar-refractivity contribution in [2.45, 2.75) is 4.58 Å². The van der Waals surface area contributed by atoms with E-state index in [1.165, 1.54) is 0 Å². The van der Waals surface area contributed by atoms with E-state index in [1.807, 2.05) is 0 Å². The first-order valence-corrected chi connectivity index (χ1v) is 4.82. The molecule has 0 aliphatic carbocycles. The number of nitrogens with two attached hydrogens (primary N) is 1. The number of aliphatic carboxylic acids is 1. The molecule has 1 aliphatic heterocycles. The van der Waals surface area contributed by atoms with Crippen LogP contribution in [-0.2, 0) is 9.59 Å². The second kappa shape index (κ2) is 3.72. The summed E-state index contributed by atoms with van der Waals surface area (Å²) in [6.45, 7) is 0. The van der Waals surface area contributed by atoms with Gasteiger partial charge in [-0.1, -0.05) is 23.5 Å². The van der Waals surface area contributed by atoms with Gasteiger partial charge in [-0.25, -0.2) is 0 Å². The highest BCUT2D eigenvalue weighted by molar-refractivity contribution is 8.39. The van der Waals surface area contributed by atoms with Gasteiger partial charge in [0.1, 0.15) is 11.6 Å². The van der Waals surface area contributed by atoms with Crippen LogP contribution in [0.3, 0.4) is 0 Å². The zero-order valence-corrected chi connectivity index (χ0v) is 7.82. The minimum Gasteiger partial charge on any atom is -0.480 e. The summed E-state index contributed by atoms with van der Waals surface area (Å²) in [6, 6.07) is 1.63. The maximum atomic E-state index is 10.6. The van der Waals surface area contributed by atoms with E-state index in [9.17, 15) is 9.59 Å². The molecule has 0 atom stereocenters. The predicted octanol–water partition coefficient (Wildman–Crippen LogP) is 0.0976. The first kappa shape index (κ1) is 9.95. The van der Waals surface area contributed by atoms with Crippen molar-refractivity contribution < 1.29 is 14.7 Å². The Hall–Kier alpha value is -1.13. The molecular weight excluding hydrogens is 212 g/mol. The second-order valence-electron chi connectivity index (χ2n) is 2.04. The molecule has 1 rings (SSSR count). The largest absolute Gasteiger partial charge is 0.480 e. The Morgan fingerprint density at radius 2 is 2.08 bits per heavy atom. The minimum atomic E-state index is -0.972. The van der Waals surface area contributed by atoms with Gasteiger partial charge in [0.25, 0.3) is 5.91 Å². The molecule has 0 aromatic carbocycles. The lowest BCUT2D eigenvalue weighted by Gasteiger charge is -2.23. The Labute approximate surface area is 82.0 Å². The van der Waals surface area contributed by atoms with Crippen LogP contribution in [0.15, 0.2) is 9.81 Å². The molecule has 13 heavy (non-hydrogen) atoms. The van der Waals surface area contributed by atoms with Crippen LogP contribution in [-0.4, -0.2) is 21.6 Å². The number of rotatable bonds is 2. The number of carboxylic acids is 1. The molecule has 1 heterocycles. The Morgan fingerprint density at radius 3 is 2.38 bits per heavy atom. The topological polar surface area (TPSA) is 104 Å². The quantitative estimate of drug-likeness (QED) is 0.501. The van der Waals surface area contributed by atoms with Crippen molar-refractivity contribution >= 4 is 35.4 Å². The number of amides is 1. The Balaban J connectivity index is 2.73. The van der Waals surface area contributed by atoms with Gasteiger partial charge in [0.15, 0.2) is 4.58 Å². The van der Waals surface area contributed by atoms with Crippen LogP contribution in [0.2, 0.25) is 0 Å². The fourth-order valence-corrected chi connectivity index (χ4v) is 2.63. The molecule has 0 aromatic rings. The Morgan fingerprint density at radius 1 is 1.54 bits per heavy atom. The lowest BCUT2D eigenvalue weighted by atomic mass is 10.3. The lowest BCUT2D eigenvalue weighted by Crippen LogP contribution is -2.22. The summed E-state index contributed by atoms with van der Waals surface area (Å²) in [5.74, 6) is -1.79. The van der Waals surface area contributed by atoms with Crippen LogP contribution in [0.25, 0.3) is 0 Å². The Bertz CT molecular complexity index is 336. The van der Waals surface area contributed by atoms with E-state index < -0.39 is 16.5 Å². The molecule has 1 fully saturated rings. The van der Waals surface area contributed by atoms with Crippen molar-refractivity contribution in [3.8, 4) is 6.07 Å². The van der Waals surface area contributed by atoms with E-state index >= 15 is 0 Å². The molecule has 1 aliphatic rings. The van der Waals surface area contributed by atoms with Gasteiger partial charge in [-0.15, -0.1) is 0 Å². The van der Waals surface area contributed by atoms with Gasteiger partial charge >= 0.3 is 5.97 Å². The first-order chi connectivity index (χ1) is 6.06. The maximum Gasteiger partial charge on any atom is 0.327 e. The zero-order chi connectivity index (χ0) is 10.0. The van der Waals surface area contributed by atoms with Crippen LogP contribution >= 0.6 is 23.5 Å². The van der Waals surface area contributed by atoms with Crippen molar-refractivity contribution in [2.75, 3.05) is 0 Å².